The van der Waals surface area contributed by atoms with Crippen LogP contribution in [0.15, 0.2) is 23.3 Å². The van der Waals surface area contributed by atoms with E-state index in [-0.39, 0.29) is 6.10 Å². The quantitative estimate of drug-likeness (QED) is 0.566. The molecule has 2 atom stereocenters. The Hall–Kier alpha value is -0.890. The zero-order valence-corrected chi connectivity index (χ0v) is 8.87. The van der Waals surface area contributed by atoms with Crippen LogP contribution < -0.4 is 0 Å². The molecule has 15 heavy (non-hydrogen) atoms. The van der Waals surface area contributed by atoms with Gasteiger partial charge in [-0.25, -0.2) is 0 Å². The van der Waals surface area contributed by atoms with Crippen molar-refractivity contribution >= 4 is 5.78 Å². The highest BCUT2D eigenvalue weighted by atomic mass is 16.5. The van der Waals surface area contributed by atoms with Crippen LogP contribution in [0, 0.1) is 5.92 Å². The first kappa shape index (κ1) is 9.34. The zero-order valence-electron chi connectivity index (χ0n) is 8.87. The molecular formula is C13H16O2. The Kier molecular flexibility index (Phi) is 2.24. The molecule has 0 amide bonds. The SMILES string of the molecule is O=C1C[C@@H]2CO[C@H]3CCC/C=C\CC1=C23. The summed E-state index contributed by atoms with van der Waals surface area (Å²) in [7, 11) is 0. The Morgan fingerprint density at radius 2 is 2.27 bits per heavy atom. The fourth-order valence-corrected chi connectivity index (χ4v) is 3.00. The summed E-state index contributed by atoms with van der Waals surface area (Å²) in [6, 6.07) is 0. The number of carbonyl (C=O) groups is 1. The predicted octanol–water partition coefficient (Wildman–Crippen LogP) is 2.40. The van der Waals surface area contributed by atoms with E-state index in [9.17, 15) is 4.79 Å². The third kappa shape index (κ3) is 1.48. The summed E-state index contributed by atoms with van der Waals surface area (Å²) in [4.78, 5) is 11.8. The van der Waals surface area contributed by atoms with Gasteiger partial charge in [-0.3, -0.25) is 4.79 Å². The van der Waals surface area contributed by atoms with Gasteiger partial charge in [-0.15, -0.1) is 0 Å². The van der Waals surface area contributed by atoms with Crippen molar-refractivity contribution in [1.82, 2.24) is 0 Å². The highest BCUT2D eigenvalue weighted by Crippen LogP contribution is 2.41. The molecule has 1 saturated heterocycles. The maximum Gasteiger partial charge on any atom is 0.159 e. The van der Waals surface area contributed by atoms with Gasteiger partial charge in [0.15, 0.2) is 5.78 Å². The molecule has 1 aliphatic heterocycles. The van der Waals surface area contributed by atoms with E-state index in [1.54, 1.807) is 0 Å². The summed E-state index contributed by atoms with van der Waals surface area (Å²) in [5, 5.41) is 0. The van der Waals surface area contributed by atoms with Gasteiger partial charge in [0.1, 0.15) is 0 Å². The van der Waals surface area contributed by atoms with Crippen LogP contribution in [0.25, 0.3) is 0 Å². The van der Waals surface area contributed by atoms with E-state index in [0.29, 0.717) is 18.1 Å². The van der Waals surface area contributed by atoms with E-state index in [1.807, 2.05) is 0 Å². The molecule has 0 aromatic rings. The number of carbonyl (C=O) groups excluding carboxylic acids is 1. The average molecular weight is 204 g/mol. The molecule has 0 bridgehead atoms. The number of ketones is 1. The van der Waals surface area contributed by atoms with Crippen LogP contribution in [-0.4, -0.2) is 18.5 Å². The highest BCUT2D eigenvalue weighted by molar-refractivity contribution is 5.99. The molecule has 3 rings (SSSR count). The summed E-state index contributed by atoms with van der Waals surface area (Å²) >= 11 is 0. The van der Waals surface area contributed by atoms with Crippen molar-refractivity contribution in [2.45, 2.75) is 38.2 Å². The van der Waals surface area contributed by atoms with Crippen LogP contribution in [0.3, 0.4) is 0 Å². The normalized spacial score (nSPS) is 37.2. The lowest BCUT2D eigenvalue weighted by molar-refractivity contribution is -0.115. The number of hydrogen-bond donors (Lipinski definition) is 0. The highest BCUT2D eigenvalue weighted by Gasteiger charge is 2.40. The molecule has 2 heteroatoms. The number of Topliss-reactive ketones (excluding diaryl/α,β-unsaturated/α-hetero) is 1. The largest absolute Gasteiger partial charge is 0.373 e. The lowest BCUT2D eigenvalue weighted by atomic mass is 9.96. The van der Waals surface area contributed by atoms with Gasteiger partial charge >= 0.3 is 0 Å². The molecule has 2 aliphatic carbocycles. The molecule has 0 unspecified atom stereocenters. The zero-order chi connectivity index (χ0) is 10.3. The minimum absolute atomic E-state index is 0.261. The van der Waals surface area contributed by atoms with Crippen molar-refractivity contribution in [3.8, 4) is 0 Å². The smallest absolute Gasteiger partial charge is 0.159 e. The van der Waals surface area contributed by atoms with Gasteiger partial charge in [0.2, 0.25) is 0 Å². The van der Waals surface area contributed by atoms with Crippen LogP contribution in [0.1, 0.15) is 32.1 Å². The molecule has 0 saturated carbocycles. The van der Waals surface area contributed by atoms with Crippen LogP contribution in [0.5, 0.6) is 0 Å². The van der Waals surface area contributed by atoms with Crippen molar-refractivity contribution in [1.29, 1.82) is 0 Å². The van der Waals surface area contributed by atoms with Gasteiger partial charge in [0.05, 0.1) is 12.7 Å². The van der Waals surface area contributed by atoms with E-state index in [0.717, 1.165) is 31.4 Å². The standard InChI is InChI=1S/C13H16O2/c14-11-7-9-8-15-12-6-4-2-1-3-5-10(11)13(9)12/h1,3,9,12H,2,4-8H2/b3-1-/t9-,12+/m1/s1. The summed E-state index contributed by atoms with van der Waals surface area (Å²) in [6.07, 6.45) is 9.56. The summed E-state index contributed by atoms with van der Waals surface area (Å²) in [6.45, 7) is 0.777. The van der Waals surface area contributed by atoms with Crippen molar-refractivity contribution in [2.75, 3.05) is 6.61 Å². The molecule has 0 spiro atoms. The molecular weight excluding hydrogens is 188 g/mol. The van der Waals surface area contributed by atoms with E-state index >= 15 is 0 Å². The van der Waals surface area contributed by atoms with E-state index in [4.69, 9.17) is 4.74 Å². The van der Waals surface area contributed by atoms with Gasteiger partial charge in [-0.05, 0) is 31.3 Å². The molecule has 0 radical (unpaired) electrons. The Labute approximate surface area is 90.0 Å². The Bertz CT molecular complexity index is 352. The molecule has 1 heterocycles. The van der Waals surface area contributed by atoms with Gasteiger partial charge in [-0.1, -0.05) is 12.2 Å². The monoisotopic (exact) mass is 204 g/mol. The number of allylic oxidation sites excluding steroid dienone is 3. The Morgan fingerprint density at radius 1 is 1.33 bits per heavy atom. The van der Waals surface area contributed by atoms with Crippen LogP contribution in [-0.2, 0) is 9.53 Å². The third-order valence-electron chi connectivity index (χ3n) is 3.73. The second-order valence-electron chi connectivity index (χ2n) is 4.69. The first-order valence-electron chi connectivity index (χ1n) is 5.89. The third-order valence-corrected chi connectivity index (χ3v) is 3.73. The van der Waals surface area contributed by atoms with E-state index in [2.05, 4.69) is 12.2 Å². The first-order chi connectivity index (χ1) is 7.36. The van der Waals surface area contributed by atoms with Gasteiger partial charge < -0.3 is 4.74 Å². The minimum Gasteiger partial charge on any atom is -0.373 e. The molecule has 0 aromatic heterocycles. The summed E-state index contributed by atoms with van der Waals surface area (Å²) < 4.78 is 5.79. The van der Waals surface area contributed by atoms with Gasteiger partial charge in [0, 0.05) is 17.9 Å². The minimum atomic E-state index is 0.261. The molecule has 1 fully saturated rings. The Balaban J connectivity index is 1.99. The predicted molar refractivity (Wildman–Crippen MR) is 57.5 cm³/mol. The van der Waals surface area contributed by atoms with Crippen molar-refractivity contribution < 1.29 is 9.53 Å². The number of rotatable bonds is 0. The first-order valence-corrected chi connectivity index (χ1v) is 5.89. The number of hydrogen-bond acceptors (Lipinski definition) is 2. The maximum atomic E-state index is 11.8. The van der Waals surface area contributed by atoms with Gasteiger partial charge in [-0.2, -0.15) is 0 Å². The van der Waals surface area contributed by atoms with Crippen molar-refractivity contribution in [3.05, 3.63) is 23.3 Å². The number of ether oxygens (including phenoxy) is 1. The van der Waals surface area contributed by atoms with Crippen LogP contribution >= 0.6 is 0 Å². The molecule has 0 aromatic carbocycles. The van der Waals surface area contributed by atoms with Crippen LogP contribution in [0.2, 0.25) is 0 Å². The molecule has 2 nitrogen and oxygen atoms in total. The lowest BCUT2D eigenvalue weighted by Gasteiger charge is -2.11. The van der Waals surface area contributed by atoms with E-state index < -0.39 is 0 Å². The maximum absolute atomic E-state index is 11.8. The molecule has 3 aliphatic rings. The van der Waals surface area contributed by atoms with Crippen molar-refractivity contribution in [2.24, 2.45) is 5.92 Å². The summed E-state index contributed by atoms with van der Waals surface area (Å²) in [5.74, 6) is 0.791. The topological polar surface area (TPSA) is 26.3 Å². The fraction of sp³-hybridized carbons (Fsp3) is 0.615. The van der Waals surface area contributed by atoms with Crippen LogP contribution in [0.4, 0.5) is 0 Å². The second kappa shape index (κ2) is 3.60. The fourth-order valence-electron chi connectivity index (χ4n) is 3.00. The Morgan fingerprint density at radius 3 is 3.20 bits per heavy atom. The second-order valence-corrected chi connectivity index (χ2v) is 4.69. The lowest BCUT2D eigenvalue weighted by Crippen LogP contribution is -2.09. The summed E-state index contributed by atoms with van der Waals surface area (Å²) in [5.41, 5.74) is 2.42. The van der Waals surface area contributed by atoms with Crippen molar-refractivity contribution in [3.63, 3.8) is 0 Å². The van der Waals surface area contributed by atoms with E-state index in [1.165, 1.54) is 12.0 Å². The average Bonchev–Trinajstić information content (AvgIpc) is 2.74. The molecule has 0 N–H and O–H groups in total. The van der Waals surface area contributed by atoms with Gasteiger partial charge in [0.25, 0.3) is 0 Å². The molecule has 80 valence electrons.